The number of fused-ring (bicyclic) bond motifs is 1. The van der Waals surface area contributed by atoms with Crippen molar-refractivity contribution in [1.29, 1.82) is 0 Å². The van der Waals surface area contributed by atoms with Crippen molar-refractivity contribution in [3.05, 3.63) is 71.6 Å². The van der Waals surface area contributed by atoms with E-state index in [0.717, 1.165) is 11.1 Å². The van der Waals surface area contributed by atoms with Gasteiger partial charge in [-0.3, -0.25) is 10.1 Å². The number of benzene rings is 1. The Labute approximate surface area is 202 Å². The van der Waals surface area contributed by atoms with Crippen LogP contribution in [0.1, 0.15) is 36.9 Å². The number of halogens is 1. The molecule has 4 rings (SSSR count). The van der Waals surface area contributed by atoms with Crippen molar-refractivity contribution >= 4 is 11.6 Å². The molecule has 1 amide bonds. The first-order chi connectivity index (χ1) is 16.6. The molecule has 1 unspecified atom stereocenters. The van der Waals surface area contributed by atoms with Crippen LogP contribution in [0.15, 0.2) is 48.9 Å². The van der Waals surface area contributed by atoms with E-state index in [2.05, 4.69) is 27.2 Å². The first kappa shape index (κ1) is 24.3. The number of aliphatic hydroxyl groups is 2. The molecule has 3 aromatic rings. The predicted octanol–water partition coefficient (Wildman–Crippen LogP) is 1.59. The van der Waals surface area contributed by atoms with Crippen LogP contribution in [0.3, 0.4) is 0 Å². The average Bonchev–Trinajstić information content (AvgIpc) is 3.25. The molecule has 0 bridgehead atoms. The van der Waals surface area contributed by atoms with Gasteiger partial charge in [0.1, 0.15) is 24.0 Å². The van der Waals surface area contributed by atoms with Crippen LogP contribution in [0, 0.1) is 17.8 Å². The maximum Gasteiger partial charge on any atom is 0.247 e. The van der Waals surface area contributed by atoms with Crippen LogP contribution in [-0.4, -0.2) is 56.2 Å². The smallest absolute Gasteiger partial charge is 0.247 e. The van der Waals surface area contributed by atoms with Gasteiger partial charge in [-0.15, -0.1) is 0 Å². The van der Waals surface area contributed by atoms with Crippen LogP contribution in [0.2, 0.25) is 0 Å². The molecule has 3 N–H and O–H groups in total. The summed E-state index contributed by atoms with van der Waals surface area (Å²) in [5.41, 5.74) is 1.60. The number of aliphatic hydroxyl groups excluding tert-OH is 1. The Morgan fingerprint density at radius 2 is 2.09 bits per heavy atom. The fourth-order valence-corrected chi connectivity index (χ4v) is 3.53. The lowest BCUT2D eigenvalue weighted by Crippen LogP contribution is -2.49. The van der Waals surface area contributed by atoms with Crippen molar-refractivity contribution in [1.82, 2.24) is 20.1 Å². The maximum atomic E-state index is 13.1. The lowest BCUT2D eigenvalue weighted by Gasteiger charge is -2.23. The largest absolute Gasteiger partial charge is 0.489 e. The second-order valence-corrected chi connectivity index (χ2v) is 8.79. The molecule has 9 nitrogen and oxygen atoms in total. The number of nitrogens with one attached hydrogen (secondary N) is 1. The van der Waals surface area contributed by atoms with Crippen molar-refractivity contribution < 1.29 is 24.1 Å². The van der Waals surface area contributed by atoms with E-state index in [9.17, 15) is 19.4 Å². The van der Waals surface area contributed by atoms with Gasteiger partial charge in [0.05, 0.1) is 11.9 Å². The summed E-state index contributed by atoms with van der Waals surface area (Å²) in [6.07, 6.45) is 3.84. The quantitative estimate of drug-likeness (QED) is 0.289. The zero-order chi connectivity index (χ0) is 25.2. The van der Waals surface area contributed by atoms with Crippen molar-refractivity contribution in [2.45, 2.75) is 38.3 Å². The molecule has 0 aliphatic carbocycles. The fourth-order valence-electron chi connectivity index (χ4n) is 3.53. The molecule has 0 saturated heterocycles. The highest BCUT2D eigenvalue weighted by molar-refractivity contribution is 5.99. The Kier molecular flexibility index (Phi) is 6.84. The van der Waals surface area contributed by atoms with Crippen LogP contribution >= 0.6 is 0 Å². The molecule has 10 heteroatoms. The van der Waals surface area contributed by atoms with Crippen molar-refractivity contribution in [3.8, 4) is 17.6 Å². The Hall–Kier alpha value is -3.78. The van der Waals surface area contributed by atoms with E-state index in [1.165, 1.54) is 21.8 Å². The Bertz CT molecular complexity index is 1270. The van der Waals surface area contributed by atoms with Gasteiger partial charge in [0.2, 0.25) is 18.2 Å². The molecule has 0 saturated carbocycles. The van der Waals surface area contributed by atoms with E-state index in [1.54, 1.807) is 57.6 Å². The number of anilines is 1. The number of nitrogens with zero attached hydrogens (tertiary/aromatic N) is 4. The van der Waals surface area contributed by atoms with Crippen LogP contribution in [0.5, 0.6) is 5.75 Å². The lowest BCUT2D eigenvalue weighted by molar-refractivity contribution is -0.122. The minimum absolute atomic E-state index is 0.00267. The average molecular weight is 480 g/mol. The number of rotatable bonds is 5. The van der Waals surface area contributed by atoms with Crippen LogP contribution in [0.4, 0.5) is 10.1 Å². The number of hydrogen-bond acceptors (Lipinski definition) is 7. The third-order valence-electron chi connectivity index (χ3n) is 5.32. The monoisotopic (exact) mass is 479 g/mol. The van der Waals surface area contributed by atoms with Gasteiger partial charge in [0, 0.05) is 31.4 Å². The second-order valence-electron chi connectivity index (χ2n) is 8.79. The van der Waals surface area contributed by atoms with Crippen LogP contribution in [0.25, 0.3) is 0 Å². The fraction of sp³-hybridized carbons (Fsp3) is 0.320. The summed E-state index contributed by atoms with van der Waals surface area (Å²) in [5, 5.41) is 27.5. The predicted molar refractivity (Wildman–Crippen MR) is 126 cm³/mol. The minimum Gasteiger partial charge on any atom is -0.489 e. The number of carbonyl (C=O) groups excluding carboxylic acids is 1. The summed E-state index contributed by atoms with van der Waals surface area (Å²) in [6.45, 7) is 3.18. The summed E-state index contributed by atoms with van der Waals surface area (Å²) in [5.74, 6) is 5.29. The molecule has 3 heterocycles. The van der Waals surface area contributed by atoms with E-state index in [1.807, 2.05) is 0 Å². The zero-order valence-corrected chi connectivity index (χ0v) is 19.6. The molecule has 35 heavy (non-hydrogen) atoms. The highest BCUT2D eigenvalue weighted by atomic mass is 19.1. The summed E-state index contributed by atoms with van der Waals surface area (Å²) in [4.78, 5) is 18.2. The molecular weight excluding hydrogens is 453 g/mol. The van der Waals surface area contributed by atoms with E-state index in [0.29, 0.717) is 23.4 Å². The van der Waals surface area contributed by atoms with Gasteiger partial charge in [-0.05, 0) is 49.2 Å². The zero-order valence-electron chi connectivity index (χ0n) is 19.6. The number of aromatic nitrogens is 3. The molecular formula is C25H26FN5O4. The highest BCUT2D eigenvalue weighted by Gasteiger charge is 2.31. The van der Waals surface area contributed by atoms with Gasteiger partial charge in [-0.2, -0.15) is 9.49 Å². The number of carbonyl (C=O) groups is 1. The molecule has 0 radical (unpaired) electrons. The topological polar surface area (TPSA) is 113 Å². The standard InChI is InChI=1S/C25H26FN5O4/c1-25(2,34)9-8-16-4-6-21-20(11-16)30(3)23(32)19(15-35-21)29-24(33)31-14-18(13-28-31)10-17-5-7-22(26)27-12-17/h4-7,11-14,19,24,29,33-34H,10,15H2,1-3H3/t19-,24?/m1/s1. The Morgan fingerprint density at radius 3 is 2.80 bits per heavy atom. The molecule has 1 aliphatic rings. The van der Waals surface area contributed by atoms with E-state index in [4.69, 9.17) is 4.74 Å². The molecule has 2 aromatic heterocycles. The van der Waals surface area contributed by atoms with Gasteiger partial charge < -0.3 is 19.8 Å². The normalized spacial score (nSPS) is 16.6. The molecule has 1 aliphatic heterocycles. The second kappa shape index (κ2) is 9.84. The minimum atomic E-state index is -1.28. The summed E-state index contributed by atoms with van der Waals surface area (Å²) >= 11 is 0. The van der Waals surface area contributed by atoms with Gasteiger partial charge in [-0.25, -0.2) is 9.67 Å². The SMILES string of the molecule is CN1C(=O)[C@H](NC(O)n2cc(Cc3ccc(F)nc3)cn2)COc2ccc(C#CC(C)(C)O)cc21. The van der Waals surface area contributed by atoms with Crippen molar-refractivity contribution in [3.63, 3.8) is 0 Å². The Balaban J connectivity index is 1.44. The van der Waals surface area contributed by atoms with Crippen molar-refractivity contribution in [2.75, 3.05) is 18.6 Å². The number of pyridine rings is 1. The number of hydrogen-bond donors (Lipinski definition) is 3. The summed E-state index contributed by atoms with van der Waals surface area (Å²) in [6, 6.07) is 7.25. The third kappa shape index (κ3) is 6.02. The van der Waals surface area contributed by atoms with Gasteiger partial charge in [0.15, 0.2) is 0 Å². The first-order valence-corrected chi connectivity index (χ1v) is 11.0. The van der Waals surface area contributed by atoms with E-state index >= 15 is 0 Å². The van der Waals surface area contributed by atoms with E-state index in [-0.39, 0.29) is 12.5 Å². The molecule has 1 aromatic carbocycles. The van der Waals surface area contributed by atoms with Gasteiger partial charge >= 0.3 is 0 Å². The molecule has 2 atom stereocenters. The van der Waals surface area contributed by atoms with Crippen molar-refractivity contribution in [2.24, 2.45) is 0 Å². The summed E-state index contributed by atoms with van der Waals surface area (Å²) in [7, 11) is 1.62. The number of ether oxygens (including phenoxy) is 1. The molecule has 0 fully saturated rings. The number of likely N-dealkylation sites (N-methyl/N-ethyl adjacent to an activating group) is 1. The van der Waals surface area contributed by atoms with Crippen LogP contribution in [-0.2, 0) is 11.2 Å². The van der Waals surface area contributed by atoms with Gasteiger partial charge in [-0.1, -0.05) is 17.9 Å². The third-order valence-corrected chi connectivity index (χ3v) is 5.32. The van der Waals surface area contributed by atoms with E-state index < -0.39 is 23.9 Å². The van der Waals surface area contributed by atoms with Crippen LogP contribution < -0.4 is 15.0 Å². The maximum absolute atomic E-state index is 13.1. The number of amides is 1. The highest BCUT2D eigenvalue weighted by Crippen LogP contribution is 2.31. The summed E-state index contributed by atoms with van der Waals surface area (Å²) < 4.78 is 20.1. The Morgan fingerprint density at radius 1 is 1.29 bits per heavy atom. The van der Waals surface area contributed by atoms with Gasteiger partial charge in [0.25, 0.3) is 0 Å². The lowest BCUT2D eigenvalue weighted by atomic mass is 10.1. The molecule has 182 valence electrons. The first-order valence-electron chi connectivity index (χ1n) is 11.0. The molecule has 0 spiro atoms.